The number of carbonyl (C=O) groups is 2. The zero-order valence-corrected chi connectivity index (χ0v) is 17.7. The Hall–Kier alpha value is -3.41. The lowest BCUT2D eigenvalue weighted by molar-refractivity contribution is -0.130. The number of hydrazone groups is 1. The van der Waals surface area contributed by atoms with Crippen LogP contribution >= 0.6 is 0 Å². The molecule has 6 nitrogen and oxygen atoms in total. The van der Waals surface area contributed by atoms with Gasteiger partial charge in [-0.2, -0.15) is 5.10 Å². The molecule has 2 aromatic rings. The minimum atomic E-state index is -0.687. The van der Waals surface area contributed by atoms with Gasteiger partial charge in [-0.15, -0.1) is 0 Å². The average molecular weight is 408 g/mol. The maximum Gasteiger partial charge on any atom is 0.262 e. The van der Waals surface area contributed by atoms with Crippen molar-refractivity contribution >= 4 is 24.1 Å². The second-order valence-electron chi connectivity index (χ2n) is 7.33. The van der Waals surface area contributed by atoms with Crippen LogP contribution in [-0.4, -0.2) is 30.7 Å². The van der Waals surface area contributed by atoms with Crippen LogP contribution in [-0.2, 0) is 9.59 Å². The summed E-state index contributed by atoms with van der Waals surface area (Å²) in [5.41, 5.74) is 4.47. The van der Waals surface area contributed by atoms with E-state index >= 15 is 0 Å². The third kappa shape index (κ3) is 8.31. The number of rotatable bonds is 10. The molecule has 0 saturated carbocycles. The van der Waals surface area contributed by atoms with Crippen molar-refractivity contribution in [3.05, 3.63) is 71.8 Å². The molecule has 2 N–H and O–H groups in total. The zero-order chi connectivity index (χ0) is 21.8. The molecule has 0 bridgehead atoms. The largest absolute Gasteiger partial charge is 0.484 e. The number of nitrogens with zero attached hydrogens (tertiary/aromatic N) is 1. The third-order valence-corrected chi connectivity index (χ3v) is 4.23. The molecule has 0 aliphatic rings. The molecule has 6 heteroatoms. The second kappa shape index (κ2) is 12.2. The van der Waals surface area contributed by atoms with Gasteiger partial charge >= 0.3 is 0 Å². The Labute approximate surface area is 178 Å². The van der Waals surface area contributed by atoms with E-state index in [1.54, 1.807) is 12.1 Å². The Morgan fingerprint density at radius 2 is 1.77 bits per heavy atom. The predicted octanol–water partition coefficient (Wildman–Crippen LogP) is 3.72. The van der Waals surface area contributed by atoms with Gasteiger partial charge in [-0.25, -0.2) is 5.43 Å². The summed E-state index contributed by atoms with van der Waals surface area (Å²) in [7, 11) is 0. The number of nitrogens with one attached hydrogen (secondary N) is 2. The van der Waals surface area contributed by atoms with Crippen LogP contribution in [0.5, 0.6) is 5.75 Å². The number of para-hydroxylation sites is 1. The fraction of sp³-hybridized carbons (Fsp3) is 0.292. The first-order valence-corrected chi connectivity index (χ1v) is 9.98. The van der Waals surface area contributed by atoms with Crippen LogP contribution in [0.25, 0.3) is 6.08 Å². The molecule has 2 amide bonds. The van der Waals surface area contributed by atoms with E-state index < -0.39 is 6.04 Å². The molecule has 158 valence electrons. The van der Waals surface area contributed by atoms with E-state index in [0.29, 0.717) is 12.2 Å². The van der Waals surface area contributed by atoms with E-state index in [9.17, 15) is 9.59 Å². The maximum atomic E-state index is 12.5. The average Bonchev–Trinajstić information content (AvgIpc) is 2.72. The number of allylic oxidation sites excluding steroid dienone is 1. The quantitative estimate of drug-likeness (QED) is 0.465. The topological polar surface area (TPSA) is 79.8 Å². The van der Waals surface area contributed by atoms with Gasteiger partial charge in [0.1, 0.15) is 11.8 Å². The molecular weight excluding hydrogens is 378 g/mol. The van der Waals surface area contributed by atoms with Gasteiger partial charge in [0.15, 0.2) is 6.61 Å². The fourth-order valence-electron chi connectivity index (χ4n) is 2.74. The summed E-state index contributed by atoms with van der Waals surface area (Å²) in [6.07, 6.45) is 5.62. The number of amides is 2. The van der Waals surface area contributed by atoms with Crippen LogP contribution in [0, 0.1) is 12.8 Å². The highest BCUT2D eigenvalue weighted by Gasteiger charge is 2.22. The summed E-state index contributed by atoms with van der Waals surface area (Å²) >= 11 is 0. The zero-order valence-electron chi connectivity index (χ0n) is 17.7. The molecule has 0 spiro atoms. The Morgan fingerprint density at radius 3 is 2.47 bits per heavy atom. The molecule has 0 fully saturated rings. The standard InChI is InChI=1S/C24H29N3O3/c1-18(2)16-21(26-23(28)17-30-22-14-8-7-10-19(22)3)24(29)27-25-15-9-13-20-11-5-4-6-12-20/h4-15,18,21H,16-17H2,1-3H3,(H,26,28)(H,27,29)/b13-9+,25-15-/t21-/m1/s1. The Kier molecular flexibility index (Phi) is 9.31. The van der Waals surface area contributed by atoms with Crippen molar-refractivity contribution in [1.82, 2.24) is 10.7 Å². The lowest BCUT2D eigenvalue weighted by Gasteiger charge is -2.19. The van der Waals surface area contributed by atoms with Gasteiger partial charge in [-0.3, -0.25) is 9.59 Å². The van der Waals surface area contributed by atoms with Crippen LogP contribution in [0.2, 0.25) is 0 Å². The van der Waals surface area contributed by atoms with Crippen molar-refractivity contribution in [2.75, 3.05) is 6.61 Å². The smallest absolute Gasteiger partial charge is 0.262 e. The van der Waals surface area contributed by atoms with Crippen molar-refractivity contribution in [2.45, 2.75) is 33.2 Å². The molecule has 1 atom stereocenters. The molecule has 2 aromatic carbocycles. The van der Waals surface area contributed by atoms with Crippen molar-refractivity contribution < 1.29 is 14.3 Å². The number of benzene rings is 2. The van der Waals surface area contributed by atoms with Crippen LogP contribution < -0.4 is 15.5 Å². The van der Waals surface area contributed by atoms with E-state index in [4.69, 9.17) is 4.74 Å². The number of aryl methyl sites for hydroxylation is 1. The second-order valence-corrected chi connectivity index (χ2v) is 7.33. The number of carbonyl (C=O) groups excluding carboxylic acids is 2. The van der Waals surface area contributed by atoms with Crippen molar-refractivity contribution in [3.8, 4) is 5.75 Å². The molecular formula is C24H29N3O3. The van der Waals surface area contributed by atoms with E-state index in [0.717, 1.165) is 11.1 Å². The highest BCUT2D eigenvalue weighted by atomic mass is 16.5. The normalized spacial score (nSPS) is 12.3. The summed E-state index contributed by atoms with van der Waals surface area (Å²) in [5, 5.41) is 6.67. The van der Waals surface area contributed by atoms with Gasteiger partial charge in [0.25, 0.3) is 11.8 Å². The first-order chi connectivity index (χ1) is 14.5. The minimum absolute atomic E-state index is 0.157. The molecule has 30 heavy (non-hydrogen) atoms. The first kappa shape index (κ1) is 22.9. The summed E-state index contributed by atoms with van der Waals surface area (Å²) in [5.74, 6) is 0.150. The summed E-state index contributed by atoms with van der Waals surface area (Å²) in [4.78, 5) is 24.8. The van der Waals surface area contributed by atoms with Crippen LogP contribution in [0.1, 0.15) is 31.4 Å². The van der Waals surface area contributed by atoms with Crippen molar-refractivity contribution in [2.24, 2.45) is 11.0 Å². The van der Waals surface area contributed by atoms with Crippen LogP contribution in [0.15, 0.2) is 65.8 Å². The Balaban J connectivity index is 1.86. The number of hydrogen-bond acceptors (Lipinski definition) is 4. The van der Waals surface area contributed by atoms with Gasteiger partial charge in [-0.1, -0.05) is 68.5 Å². The molecule has 0 aromatic heterocycles. The van der Waals surface area contributed by atoms with Gasteiger partial charge in [0, 0.05) is 6.21 Å². The van der Waals surface area contributed by atoms with Gasteiger partial charge in [-0.05, 0) is 42.5 Å². The Bertz CT molecular complexity index is 876. The summed E-state index contributed by atoms with van der Waals surface area (Å²) < 4.78 is 5.56. The summed E-state index contributed by atoms with van der Waals surface area (Å²) in [6.45, 7) is 5.73. The lowest BCUT2D eigenvalue weighted by atomic mass is 10.0. The summed E-state index contributed by atoms with van der Waals surface area (Å²) in [6, 6.07) is 16.5. The van der Waals surface area contributed by atoms with Crippen LogP contribution in [0.4, 0.5) is 0 Å². The van der Waals surface area contributed by atoms with E-state index in [2.05, 4.69) is 15.8 Å². The molecule has 0 aliphatic carbocycles. The maximum absolute atomic E-state index is 12.5. The highest BCUT2D eigenvalue weighted by Crippen LogP contribution is 2.15. The predicted molar refractivity (Wildman–Crippen MR) is 120 cm³/mol. The van der Waals surface area contributed by atoms with E-state index in [-0.39, 0.29) is 24.3 Å². The molecule has 0 heterocycles. The molecule has 0 saturated heterocycles. The van der Waals surface area contributed by atoms with E-state index in [1.807, 2.05) is 75.4 Å². The third-order valence-electron chi connectivity index (χ3n) is 4.23. The molecule has 2 rings (SSSR count). The first-order valence-electron chi connectivity index (χ1n) is 9.98. The van der Waals surface area contributed by atoms with Crippen LogP contribution in [0.3, 0.4) is 0 Å². The monoisotopic (exact) mass is 407 g/mol. The van der Waals surface area contributed by atoms with Gasteiger partial charge in [0.2, 0.25) is 0 Å². The molecule has 0 unspecified atom stereocenters. The lowest BCUT2D eigenvalue weighted by Crippen LogP contribution is -2.47. The molecule has 0 radical (unpaired) electrons. The minimum Gasteiger partial charge on any atom is -0.484 e. The van der Waals surface area contributed by atoms with Gasteiger partial charge < -0.3 is 10.1 Å². The van der Waals surface area contributed by atoms with Crippen molar-refractivity contribution in [1.29, 1.82) is 0 Å². The molecule has 0 aliphatic heterocycles. The Morgan fingerprint density at radius 1 is 1.07 bits per heavy atom. The van der Waals surface area contributed by atoms with E-state index in [1.165, 1.54) is 6.21 Å². The SMILES string of the molecule is Cc1ccccc1OCC(=O)N[C@H](CC(C)C)C(=O)N/N=C\C=C\c1ccccc1. The number of ether oxygens (including phenoxy) is 1. The van der Waals surface area contributed by atoms with Gasteiger partial charge in [0.05, 0.1) is 0 Å². The fourth-order valence-corrected chi connectivity index (χ4v) is 2.74. The number of hydrogen-bond donors (Lipinski definition) is 2. The highest BCUT2D eigenvalue weighted by molar-refractivity contribution is 5.89. The van der Waals surface area contributed by atoms with Crippen molar-refractivity contribution in [3.63, 3.8) is 0 Å².